The molecule has 0 saturated carbocycles. The van der Waals surface area contributed by atoms with Crippen molar-refractivity contribution in [2.24, 2.45) is 0 Å². The molecule has 5 nitrogen and oxygen atoms in total. The van der Waals surface area contributed by atoms with Crippen molar-refractivity contribution in [1.82, 2.24) is 5.32 Å². The Hall–Kier alpha value is -3.00. The molecule has 3 aromatic carbocycles. The fourth-order valence-electron chi connectivity index (χ4n) is 3.41. The zero-order valence-electron chi connectivity index (χ0n) is 14.8. The van der Waals surface area contributed by atoms with Crippen molar-refractivity contribution in [2.45, 2.75) is 17.9 Å². The molecule has 8 heteroatoms. The summed E-state index contributed by atoms with van der Waals surface area (Å²) in [5, 5.41) is 4.00. The highest BCUT2D eigenvalue weighted by atomic mass is 32.2. The van der Waals surface area contributed by atoms with Gasteiger partial charge in [-0.3, -0.25) is 9.10 Å². The van der Waals surface area contributed by atoms with E-state index in [1.807, 2.05) is 12.1 Å². The number of halogens is 2. The van der Waals surface area contributed by atoms with E-state index in [9.17, 15) is 22.0 Å². The summed E-state index contributed by atoms with van der Waals surface area (Å²) >= 11 is 0. The first-order valence-electron chi connectivity index (χ1n) is 8.58. The first kappa shape index (κ1) is 18.4. The number of benzene rings is 3. The third-order valence-electron chi connectivity index (χ3n) is 4.79. The van der Waals surface area contributed by atoms with Gasteiger partial charge in [0.2, 0.25) is 5.91 Å². The minimum Gasteiger partial charge on any atom is -0.348 e. The molecule has 4 rings (SSSR count). The molecular formula is C20H16F2N2O3S. The molecule has 0 aliphatic carbocycles. The zero-order valence-corrected chi connectivity index (χ0v) is 15.6. The third kappa shape index (κ3) is 2.90. The molecule has 1 atom stereocenters. The van der Waals surface area contributed by atoms with Gasteiger partial charge in [-0.2, -0.15) is 0 Å². The van der Waals surface area contributed by atoms with Crippen LogP contribution in [0.2, 0.25) is 0 Å². The standard InChI is InChI=1S/C20H16F2N2O3S/c1-12(14-8-9-15(21)16(22)10-14)23-19(25)11-24-17-6-2-4-13-5-3-7-18(20(13)17)28(24,26)27/h2-10,12H,11H2,1H3,(H,23,25)/t12-/m1/s1. The summed E-state index contributed by atoms with van der Waals surface area (Å²) in [6.07, 6.45) is 0. The average Bonchev–Trinajstić information content (AvgIpc) is 2.87. The van der Waals surface area contributed by atoms with Gasteiger partial charge in [-0.15, -0.1) is 0 Å². The SMILES string of the molecule is C[C@@H](NC(=O)CN1c2cccc3cccc(c23)S1(=O)=O)c1ccc(F)c(F)c1. The lowest BCUT2D eigenvalue weighted by Crippen LogP contribution is -2.39. The van der Waals surface area contributed by atoms with Crippen LogP contribution in [0.1, 0.15) is 18.5 Å². The van der Waals surface area contributed by atoms with Crippen LogP contribution in [0.25, 0.3) is 10.8 Å². The number of sulfonamides is 1. The largest absolute Gasteiger partial charge is 0.348 e. The van der Waals surface area contributed by atoms with Crippen LogP contribution in [0, 0.1) is 11.6 Å². The molecule has 0 aromatic heterocycles. The van der Waals surface area contributed by atoms with Gasteiger partial charge in [0, 0.05) is 5.39 Å². The molecule has 1 aliphatic rings. The Morgan fingerprint density at radius 2 is 1.79 bits per heavy atom. The molecule has 1 amide bonds. The third-order valence-corrected chi connectivity index (χ3v) is 6.59. The summed E-state index contributed by atoms with van der Waals surface area (Å²) in [7, 11) is -3.84. The number of rotatable bonds is 4. The van der Waals surface area contributed by atoms with Crippen molar-refractivity contribution in [2.75, 3.05) is 10.8 Å². The molecule has 144 valence electrons. The topological polar surface area (TPSA) is 66.5 Å². The molecule has 0 unspecified atom stereocenters. The number of hydrogen-bond acceptors (Lipinski definition) is 3. The van der Waals surface area contributed by atoms with Crippen molar-refractivity contribution >= 4 is 32.4 Å². The summed E-state index contributed by atoms with van der Waals surface area (Å²) in [6.45, 7) is 1.20. The van der Waals surface area contributed by atoms with Gasteiger partial charge < -0.3 is 5.32 Å². The van der Waals surface area contributed by atoms with Gasteiger partial charge in [0.25, 0.3) is 10.0 Å². The van der Waals surface area contributed by atoms with Crippen LogP contribution in [0.15, 0.2) is 59.5 Å². The average molecular weight is 402 g/mol. The molecule has 0 fully saturated rings. The molecule has 0 bridgehead atoms. The smallest absolute Gasteiger partial charge is 0.265 e. The Morgan fingerprint density at radius 1 is 1.07 bits per heavy atom. The van der Waals surface area contributed by atoms with Gasteiger partial charge in [0.1, 0.15) is 6.54 Å². The van der Waals surface area contributed by atoms with Crippen LogP contribution >= 0.6 is 0 Å². The van der Waals surface area contributed by atoms with Crippen LogP contribution < -0.4 is 9.62 Å². The summed E-state index contributed by atoms with van der Waals surface area (Å²) in [5.74, 6) is -2.54. The summed E-state index contributed by atoms with van der Waals surface area (Å²) < 4.78 is 53.3. The van der Waals surface area contributed by atoms with Crippen LogP contribution in [0.5, 0.6) is 0 Å². The quantitative estimate of drug-likeness (QED) is 0.726. The maximum absolute atomic E-state index is 13.4. The molecule has 0 saturated heterocycles. The molecular weight excluding hydrogens is 386 g/mol. The second-order valence-electron chi connectivity index (χ2n) is 6.61. The van der Waals surface area contributed by atoms with E-state index in [1.165, 1.54) is 12.1 Å². The predicted molar refractivity (Wildman–Crippen MR) is 101 cm³/mol. The fourth-order valence-corrected chi connectivity index (χ4v) is 5.08. The highest BCUT2D eigenvalue weighted by Gasteiger charge is 2.36. The number of nitrogens with zero attached hydrogens (tertiary/aromatic N) is 1. The van der Waals surface area contributed by atoms with E-state index < -0.39 is 40.2 Å². The Morgan fingerprint density at radius 3 is 2.50 bits per heavy atom. The molecule has 0 radical (unpaired) electrons. The van der Waals surface area contributed by atoms with E-state index in [0.717, 1.165) is 21.8 Å². The molecule has 1 aliphatic heterocycles. The van der Waals surface area contributed by atoms with Crippen LogP contribution in [-0.2, 0) is 14.8 Å². The monoisotopic (exact) mass is 402 g/mol. The van der Waals surface area contributed by atoms with Crippen molar-refractivity contribution in [3.8, 4) is 0 Å². The number of carbonyl (C=O) groups excluding carboxylic acids is 1. The maximum atomic E-state index is 13.4. The summed E-state index contributed by atoms with van der Waals surface area (Å²) in [5.41, 5.74) is 0.825. The Labute approximate surface area is 160 Å². The first-order chi connectivity index (χ1) is 13.3. The van der Waals surface area contributed by atoms with Crippen LogP contribution in [-0.4, -0.2) is 20.9 Å². The minimum atomic E-state index is -3.84. The van der Waals surface area contributed by atoms with E-state index in [2.05, 4.69) is 5.32 Å². The lowest BCUT2D eigenvalue weighted by atomic mass is 10.1. The highest BCUT2D eigenvalue weighted by Crippen LogP contribution is 2.41. The molecule has 3 aromatic rings. The van der Waals surface area contributed by atoms with Gasteiger partial charge in [0.15, 0.2) is 11.6 Å². The lowest BCUT2D eigenvalue weighted by Gasteiger charge is -2.20. The van der Waals surface area contributed by atoms with Gasteiger partial charge >= 0.3 is 0 Å². The number of carbonyl (C=O) groups is 1. The Balaban J connectivity index is 1.58. The Kier molecular flexibility index (Phi) is 4.30. The second-order valence-corrected chi connectivity index (χ2v) is 8.44. The molecule has 1 N–H and O–H groups in total. The van der Waals surface area contributed by atoms with E-state index >= 15 is 0 Å². The van der Waals surface area contributed by atoms with E-state index in [0.29, 0.717) is 16.6 Å². The van der Waals surface area contributed by atoms with Gasteiger partial charge in [-0.1, -0.05) is 30.3 Å². The number of anilines is 1. The normalized spacial score (nSPS) is 15.6. The molecule has 1 heterocycles. The van der Waals surface area contributed by atoms with E-state index in [-0.39, 0.29) is 4.90 Å². The second kappa shape index (κ2) is 6.56. The van der Waals surface area contributed by atoms with Crippen molar-refractivity contribution in [3.63, 3.8) is 0 Å². The fraction of sp³-hybridized carbons (Fsp3) is 0.150. The van der Waals surface area contributed by atoms with Crippen molar-refractivity contribution in [3.05, 3.63) is 71.8 Å². The van der Waals surface area contributed by atoms with Crippen LogP contribution in [0.3, 0.4) is 0 Å². The predicted octanol–water partition coefficient (Wildman–Crippen LogP) is 3.50. The van der Waals surface area contributed by atoms with Crippen molar-refractivity contribution < 1.29 is 22.0 Å². The molecule has 0 spiro atoms. The van der Waals surface area contributed by atoms with E-state index in [1.54, 1.807) is 25.1 Å². The number of nitrogens with one attached hydrogen (secondary N) is 1. The minimum absolute atomic E-state index is 0.169. The summed E-state index contributed by atoms with van der Waals surface area (Å²) in [6, 6.07) is 12.9. The zero-order chi connectivity index (χ0) is 20.1. The maximum Gasteiger partial charge on any atom is 0.265 e. The lowest BCUT2D eigenvalue weighted by molar-refractivity contribution is -0.120. The highest BCUT2D eigenvalue weighted by molar-refractivity contribution is 7.93. The Bertz CT molecular complexity index is 1210. The van der Waals surface area contributed by atoms with Crippen LogP contribution in [0.4, 0.5) is 14.5 Å². The van der Waals surface area contributed by atoms with Crippen molar-refractivity contribution in [1.29, 1.82) is 0 Å². The summed E-state index contributed by atoms with van der Waals surface area (Å²) in [4.78, 5) is 12.7. The first-order valence-corrected chi connectivity index (χ1v) is 10.0. The van der Waals surface area contributed by atoms with Gasteiger partial charge in [-0.05, 0) is 42.1 Å². The number of amides is 1. The van der Waals surface area contributed by atoms with E-state index in [4.69, 9.17) is 0 Å². The van der Waals surface area contributed by atoms with Gasteiger partial charge in [0.05, 0.1) is 16.6 Å². The molecule has 28 heavy (non-hydrogen) atoms. The number of hydrogen-bond donors (Lipinski definition) is 1. The van der Waals surface area contributed by atoms with Gasteiger partial charge in [-0.25, -0.2) is 17.2 Å².